The molecule has 0 radical (unpaired) electrons. The summed E-state index contributed by atoms with van der Waals surface area (Å²) in [6.07, 6.45) is 6.79. The maximum absolute atomic E-state index is 5.99. The predicted molar refractivity (Wildman–Crippen MR) is 139 cm³/mol. The zero-order valence-corrected chi connectivity index (χ0v) is 21.4. The normalized spacial score (nSPS) is 20.7. The van der Waals surface area contributed by atoms with E-state index in [1.807, 2.05) is 19.2 Å². The molecule has 1 aromatic carbocycles. The highest BCUT2D eigenvalue weighted by Crippen LogP contribution is 2.25. The first kappa shape index (κ1) is 25.1. The van der Waals surface area contributed by atoms with E-state index in [0.29, 0.717) is 12.5 Å². The number of halogens is 1. The second-order valence-electron chi connectivity index (χ2n) is 8.66. The Morgan fingerprint density at radius 3 is 2.66 bits per heavy atom. The summed E-state index contributed by atoms with van der Waals surface area (Å²) in [5.74, 6) is 2.57. The first-order valence-electron chi connectivity index (χ1n) is 11.7. The molecule has 1 aromatic heterocycles. The SMILES string of the molecule is CN=C(NCC(c1ccco1)N1CCCCC1)N1CCC(COCc2ccccc2)C1.I. The standard InChI is InChI=1S/C25H36N4O2.HI/c1-26-25(27-17-23(24-11-8-16-31-24)28-13-6-3-7-14-28)29-15-12-22(18-29)20-30-19-21-9-4-2-5-10-21;/h2,4-5,8-11,16,22-23H,3,6-7,12-15,17-20H2,1H3,(H,26,27);1H. The highest BCUT2D eigenvalue weighted by molar-refractivity contribution is 14.0. The molecule has 2 aromatic rings. The van der Waals surface area contributed by atoms with Crippen LogP contribution in [-0.4, -0.2) is 62.1 Å². The van der Waals surface area contributed by atoms with E-state index in [-0.39, 0.29) is 30.0 Å². The lowest BCUT2D eigenvalue weighted by Gasteiger charge is -2.34. The zero-order chi connectivity index (χ0) is 21.3. The summed E-state index contributed by atoms with van der Waals surface area (Å²) in [6.45, 7) is 6.58. The fourth-order valence-corrected chi connectivity index (χ4v) is 4.72. The molecule has 3 heterocycles. The number of aliphatic imine (C=N–C) groups is 1. The van der Waals surface area contributed by atoms with E-state index >= 15 is 0 Å². The molecule has 2 saturated heterocycles. The fraction of sp³-hybridized carbons (Fsp3) is 0.560. The lowest BCUT2D eigenvalue weighted by molar-refractivity contribution is 0.0906. The third kappa shape index (κ3) is 6.96. The van der Waals surface area contributed by atoms with E-state index < -0.39 is 0 Å². The van der Waals surface area contributed by atoms with Crippen molar-refractivity contribution in [3.8, 4) is 0 Å². The predicted octanol–water partition coefficient (Wildman–Crippen LogP) is 4.54. The Hall–Kier alpha value is -1.58. The summed E-state index contributed by atoms with van der Waals surface area (Å²) in [6, 6.07) is 14.7. The van der Waals surface area contributed by atoms with Crippen LogP contribution in [0.3, 0.4) is 0 Å². The summed E-state index contributed by atoms with van der Waals surface area (Å²) in [5.41, 5.74) is 1.23. The van der Waals surface area contributed by atoms with Crippen molar-refractivity contribution in [3.63, 3.8) is 0 Å². The summed E-state index contributed by atoms with van der Waals surface area (Å²) in [5, 5.41) is 3.63. The van der Waals surface area contributed by atoms with Crippen LogP contribution in [0.5, 0.6) is 0 Å². The van der Waals surface area contributed by atoms with Crippen molar-refractivity contribution >= 4 is 29.9 Å². The minimum Gasteiger partial charge on any atom is -0.468 e. The number of likely N-dealkylation sites (tertiary alicyclic amines) is 2. The number of ether oxygens (including phenoxy) is 1. The Bertz CT molecular complexity index is 794. The van der Waals surface area contributed by atoms with E-state index in [4.69, 9.17) is 9.15 Å². The fourth-order valence-electron chi connectivity index (χ4n) is 4.72. The Balaban J connectivity index is 0.00000289. The number of benzene rings is 1. The lowest BCUT2D eigenvalue weighted by Crippen LogP contribution is -2.45. The molecule has 0 aliphatic carbocycles. The van der Waals surface area contributed by atoms with E-state index in [1.165, 1.54) is 24.8 Å². The molecule has 0 bridgehead atoms. The van der Waals surface area contributed by atoms with Crippen LogP contribution in [0.4, 0.5) is 0 Å². The van der Waals surface area contributed by atoms with E-state index in [1.54, 1.807) is 6.26 Å². The van der Waals surface area contributed by atoms with E-state index in [2.05, 4.69) is 50.4 Å². The molecule has 2 fully saturated rings. The van der Waals surface area contributed by atoms with Crippen LogP contribution in [0, 0.1) is 5.92 Å². The molecule has 7 heteroatoms. The maximum atomic E-state index is 5.99. The van der Waals surface area contributed by atoms with Crippen molar-refractivity contribution in [2.45, 2.75) is 38.3 Å². The van der Waals surface area contributed by atoms with Crippen LogP contribution in [0.25, 0.3) is 0 Å². The maximum Gasteiger partial charge on any atom is 0.193 e. The summed E-state index contributed by atoms with van der Waals surface area (Å²) >= 11 is 0. The van der Waals surface area contributed by atoms with Crippen LogP contribution in [-0.2, 0) is 11.3 Å². The minimum atomic E-state index is 0. The molecular formula is C25H37IN4O2. The average Bonchev–Trinajstić information content (AvgIpc) is 3.51. The van der Waals surface area contributed by atoms with Crippen molar-refractivity contribution in [2.24, 2.45) is 10.9 Å². The summed E-state index contributed by atoms with van der Waals surface area (Å²) in [4.78, 5) is 9.49. The number of furan rings is 1. The third-order valence-electron chi connectivity index (χ3n) is 6.42. The molecule has 32 heavy (non-hydrogen) atoms. The van der Waals surface area contributed by atoms with Gasteiger partial charge in [-0.15, -0.1) is 24.0 Å². The molecule has 6 nitrogen and oxygen atoms in total. The monoisotopic (exact) mass is 552 g/mol. The van der Waals surface area contributed by atoms with Crippen molar-refractivity contribution < 1.29 is 9.15 Å². The number of nitrogens with zero attached hydrogens (tertiary/aromatic N) is 3. The van der Waals surface area contributed by atoms with Gasteiger partial charge < -0.3 is 19.4 Å². The Kier molecular flexibility index (Phi) is 10.3. The smallest absolute Gasteiger partial charge is 0.193 e. The van der Waals surface area contributed by atoms with Gasteiger partial charge in [0.25, 0.3) is 0 Å². The molecule has 1 N–H and O–H groups in total. The van der Waals surface area contributed by atoms with Gasteiger partial charge in [-0.3, -0.25) is 9.89 Å². The van der Waals surface area contributed by atoms with Crippen LogP contribution in [0.1, 0.15) is 43.0 Å². The number of guanidine groups is 1. The average molecular weight is 553 g/mol. The van der Waals surface area contributed by atoms with Gasteiger partial charge >= 0.3 is 0 Å². The highest BCUT2D eigenvalue weighted by Gasteiger charge is 2.28. The van der Waals surface area contributed by atoms with Crippen molar-refractivity contribution in [1.29, 1.82) is 0 Å². The van der Waals surface area contributed by atoms with Gasteiger partial charge in [0.1, 0.15) is 5.76 Å². The van der Waals surface area contributed by atoms with Crippen molar-refractivity contribution in [1.82, 2.24) is 15.1 Å². The van der Waals surface area contributed by atoms with Gasteiger partial charge in [-0.1, -0.05) is 36.8 Å². The quantitative estimate of drug-likeness (QED) is 0.296. The zero-order valence-electron chi connectivity index (χ0n) is 19.1. The molecule has 2 aliphatic heterocycles. The molecule has 4 rings (SSSR count). The first-order valence-corrected chi connectivity index (χ1v) is 11.7. The van der Waals surface area contributed by atoms with Crippen LogP contribution in [0.2, 0.25) is 0 Å². The number of nitrogens with one attached hydrogen (secondary N) is 1. The Labute approximate surface area is 209 Å². The molecule has 2 unspecified atom stereocenters. The molecule has 176 valence electrons. The van der Waals surface area contributed by atoms with Crippen molar-refractivity contribution in [2.75, 3.05) is 46.4 Å². The second kappa shape index (κ2) is 13.2. The number of hydrogen-bond donors (Lipinski definition) is 1. The van der Waals surface area contributed by atoms with Gasteiger partial charge in [-0.25, -0.2) is 0 Å². The lowest BCUT2D eigenvalue weighted by atomic mass is 10.1. The summed E-state index contributed by atoms with van der Waals surface area (Å²) in [7, 11) is 1.88. The Morgan fingerprint density at radius 1 is 1.12 bits per heavy atom. The summed E-state index contributed by atoms with van der Waals surface area (Å²) < 4.78 is 11.8. The molecule has 2 aliphatic rings. The topological polar surface area (TPSA) is 53.2 Å². The molecule has 2 atom stereocenters. The third-order valence-corrected chi connectivity index (χ3v) is 6.42. The largest absolute Gasteiger partial charge is 0.468 e. The van der Waals surface area contributed by atoms with Gasteiger partial charge in [0.15, 0.2) is 5.96 Å². The molecule has 0 amide bonds. The molecule has 0 saturated carbocycles. The second-order valence-corrected chi connectivity index (χ2v) is 8.66. The highest BCUT2D eigenvalue weighted by atomic mass is 127. The molecule has 0 spiro atoms. The van der Waals surface area contributed by atoms with Gasteiger partial charge in [-0.05, 0) is 50.0 Å². The number of hydrogen-bond acceptors (Lipinski definition) is 4. The van der Waals surface area contributed by atoms with Crippen molar-refractivity contribution in [3.05, 3.63) is 60.1 Å². The van der Waals surface area contributed by atoms with Gasteiger partial charge in [0, 0.05) is 32.6 Å². The van der Waals surface area contributed by atoms with Gasteiger partial charge in [0.05, 0.1) is 25.5 Å². The van der Waals surface area contributed by atoms with Gasteiger partial charge in [0.2, 0.25) is 0 Å². The minimum absolute atomic E-state index is 0. The Morgan fingerprint density at radius 2 is 1.94 bits per heavy atom. The first-order chi connectivity index (χ1) is 15.3. The van der Waals surface area contributed by atoms with E-state index in [0.717, 1.165) is 57.5 Å². The molecular weight excluding hydrogens is 515 g/mol. The van der Waals surface area contributed by atoms with Crippen LogP contribution in [0.15, 0.2) is 58.1 Å². The number of piperidine rings is 1. The number of rotatable bonds is 8. The van der Waals surface area contributed by atoms with Gasteiger partial charge in [-0.2, -0.15) is 0 Å². The van der Waals surface area contributed by atoms with Crippen LogP contribution >= 0.6 is 24.0 Å². The van der Waals surface area contributed by atoms with Crippen LogP contribution < -0.4 is 5.32 Å². The van der Waals surface area contributed by atoms with E-state index in [9.17, 15) is 0 Å².